The Morgan fingerprint density at radius 3 is 2.16 bits per heavy atom. The molecular weight excluding hydrogens is 426 g/mol. The molecule has 1 unspecified atom stereocenters. The van der Waals surface area contributed by atoms with E-state index in [2.05, 4.69) is 10.1 Å². The quantitative estimate of drug-likeness (QED) is 0.571. The predicted molar refractivity (Wildman–Crippen MR) is 109 cm³/mol. The molecule has 3 amide bonds. The van der Waals surface area contributed by atoms with Gasteiger partial charge in [0.2, 0.25) is 5.91 Å². The number of hydrogen-bond acceptors (Lipinski definition) is 6. The van der Waals surface area contributed by atoms with Crippen molar-refractivity contribution in [2.45, 2.75) is 32.9 Å². The van der Waals surface area contributed by atoms with E-state index in [1.165, 1.54) is 19.1 Å². The number of aryl methyl sites for hydroxylation is 1. The number of hydrogen-bond donors (Lipinski definition) is 2. The monoisotopic (exact) mass is 448 g/mol. The molecule has 1 atom stereocenters. The summed E-state index contributed by atoms with van der Waals surface area (Å²) in [5.41, 5.74) is 1.73. The van der Waals surface area contributed by atoms with Gasteiger partial charge in [0.15, 0.2) is 6.61 Å². The van der Waals surface area contributed by atoms with Gasteiger partial charge < -0.3 is 14.8 Å². The van der Waals surface area contributed by atoms with Crippen LogP contribution in [-0.4, -0.2) is 36.9 Å². The molecule has 8 nitrogen and oxygen atoms in total. The Morgan fingerprint density at radius 1 is 0.969 bits per heavy atom. The van der Waals surface area contributed by atoms with Crippen molar-refractivity contribution >= 4 is 23.7 Å². The van der Waals surface area contributed by atoms with E-state index < -0.39 is 37.0 Å². The van der Waals surface area contributed by atoms with Crippen LogP contribution in [0.3, 0.4) is 0 Å². The van der Waals surface area contributed by atoms with E-state index in [-0.39, 0.29) is 23.6 Å². The number of halogens is 2. The minimum atomic E-state index is -3.00. The summed E-state index contributed by atoms with van der Waals surface area (Å²) in [5.74, 6) is -2.90. The molecule has 0 aliphatic heterocycles. The topological polar surface area (TPSA) is 111 Å². The summed E-state index contributed by atoms with van der Waals surface area (Å²) in [6.07, 6.45) is -0.213. The Balaban J connectivity index is 1.86. The number of imide groups is 1. The SMILES string of the molecule is CC(=O)NC(CC(=O)OCC(=O)NC(=O)c1ccc(OC(F)F)cc1)c1ccc(C)cc1. The van der Waals surface area contributed by atoms with Crippen LogP contribution < -0.4 is 15.4 Å². The average molecular weight is 448 g/mol. The summed E-state index contributed by atoms with van der Waals surface area (Å²) in [6, 6.07) is 11.3. The lowest BCUT2D eigenvalue weighted by atomic mass is 10.0. The smallest absolute Gasteiger partial charge is 0.387 e. The van der Waals surface area contributed by atoms with Crippen LogP contribution in [0.2, 0.25) is 0 Å². The second-order valence-corrected chi connectivity index (χ2v) is 6.81. The van der Waals surface area contributed by atoms with Gasteiger partial charge in [-0.15, -0.1) is 0 Å². The van der Waals surface area contributed by atoms with Crippen molar-refractivity contribution in [1.29, 1.82) is 0 Å². The van der Waals surface area contributed by atoms with E-state index in [0.717, 1.165) is 17.7 Å². The van der Waals surface area contributed by atoms with Gasteiger partial charge in [0.1, 0.15) is 5.75 Å². The lowest BCUT2D eigenvalue weighted by Crippen LogP contribution is -2.35. The molecule has 0 aromatic heterocycles. The van der Waals surface area contributed by atoms with Gasteiger partial charge in [-0.2, -0.15) is 8.78 Å². The first-order valence-electron chi connectivity index (χ1n) is 9.52. The maximum absolute atomic E-state index is 12.1. The normalized spacial score (nSPS) is 11.4. The van der Waals surface area contributed by atoms with E-state index in [0.29, 0.717) is 5.56 Å². The fourth-order valence-corrected chi connectivity index (χ4v) is 2.69. The Bertz CT molecular complexity index is 961. The maximum atomic E-state index is 12.1. The third-order valence-corrected chi connectivity index (χ3v) is 4.19. The molecule has 170 valence electrons. The first kappa shape index (κ1) is 24.4. The summed E-state index contributed by atoms with van der Waals surface area (Å²) in [5, 5.41) is 4.67. The molecule has 0 radical (unpaired) electrons. The first-order chi connectivity index (χ1) is 15.1. The molecule has 0 spiro atoms. The number of ether oxygens (including phenoxy) is 2. The minimum Gasteiger partial charge on any atom is -0.455 e. The summed E-state index contributed by atoms with van der Waals surface area (Å²) in [6.45, 7) is -0.492. The number of nitrogens with one attached hydrogen (secondary N) is 2. The fraction of sp³-hybridized carbons (Fsp3) is 0.273. The number of amides is 3. The van der Waals surface area contributed by atoms with Crippen molar-refractivity contribution in [1.82, 2.24) is 10.6 Å². The molecule has 2 aromatic carbocycles. The maximum Gasteiger partial charge on any atom is 0.387 e. The number of esters is 1. The zero-order valence-corrected chi connectivity index (χ0v) is 17.4. The fourth-order valence-electron chi connectivity index (χ4n) is 2.69. The van der Waals surface area contributed by atoms with Crippen LogP contribution in [-0.2, 0) is 19.1 Å². The summed E-state index contributed by atoms with van der Waals surface area (Å²) >= 11 is 0. The van der Waals surface area contributed by atoms with Crippen LogP contribution in [0.4, 0.5) is 8.78 Å². The Hall–Kier alpha value is -3.82. The van der Waals surface area contributed by atoms with E-state index in [4.69, 9.17) is 4.74 Å². The van der Waals surface area contributed by atoms with E-state index in [9.17, 15) is 28.0 Å². The van der Waals surface area contributed by atoms with Gasteiger partial charge >= 0.3 is 12.6 Å². The predicted octanol–water partition coefficient (Wildman–Crippen LogP) is 2.66. The van der Waals surface area contributed by atoms with Crippen LogP contribution >= 0.6 is 0 Å². The zero-order valence-electron chi connectivity index (χ0n) is 17.4. The van der Waals surface area contributed by atoms with Gasteiger partial charge in [0.05, 0.1) is 12.5 Å². The highest BCUT2D eigenvalue weighted by molar-refractivity contribution is 6.05. The number of rotatable bonds is 9. The second-order valence-electron chi connectivity index (χ2n) is 6.81. The molecule has 0 saturated heterocycles. The molecule has 0 heterocycles. The van der Waals surface area contributed by atoms with Gasteiger partial charge in [-0.25, -0.2) is 0 Å². The Kier molecular flexibility index (Phi) is 8.82. The van der Waals surface area contributed by atoms with Gasteiger partial charge in [-0.05, 0) is 36.8 Å². The van der Waals surface area contributed by atoms with Crippen LogP contribution in [0.5, 0.6) is 5.75 Å². The van der Waals surface area contributed by atoms with Crippen LogP contribution in [0.1, 0.15) is 40.9 Å². The second kappa shape index (κ2) is 11.5. The molecule has 0 aliphatic rings. The summed E-state index contributed by atoms with van der Waals surface area (Å²) in [7, 11) is 0. The van der Waals surface area contributed by atoms with Gasteiger partial charge in [0, 0.05) is 12.5 Å². The van der Waals surface area contributed by atoms with Crippen LogP contribution in [0.25, 0.3) is 0 Å². The zero-order chi connectivity index (χ0) is 23.7. The number of benzene rings is 2. The highest BCUT2D eigenvalue weighted by Crippen LogP contribution is 2.18. The molecule has 2 rings (SSSR count). The van der Waals surface area contributed by atoms with Crippen molar-refractivity contribution in [3.63, 3.8) is 0 Å². The highest BCUT2D eigenvalue weighted by atomic mass is 19.3. The lowest BCUT2D eigenvalue weighted by Gasteiger charge is -2.18. The van der Waals surface area contributed by atoms with E-state index in [1.54, 1.807) is 12.1 Å². The van der Waals surface area contributed by atoms with Crippen molar-refractivity contribution in [2.24, 2.45) is 0 Å². The largest absolute Gasteiger partial charge is 0.455 e. The molecular formula is C22H22F2N2O6. The standard InChI is InChI=1S/C22H22F2N2O6/c1-13-3-5-15(6-4-13)18(25-14(2)27)11-20(29)31-12-19(28)26-21(30)16-7-9-17(10-8-16)32-22(23)24/h3-10,18,22H,11-12H2,1-2H3,(H,25,27)(H,26,28,30). The molecule has 0 fully saturated rings. The first-order valence-corrected chi connectivity index (χ1v) is 9.52. The Labute approximate surface area is 182 Å². The van der Waals surface area contributed by atoms with Crippen molar-refractivity contribution in [2.75, 3.05) is 6.61 Å². The van der Waals surface area contributed by atoms with Crippen LogP contribution in [0.15, 0.2) is 48.5 Å². The van der Waals surface area contributed by atoms with Crippen molar-refractivity contribution < 1.29 is 37.4 Å². The van der Waals surface area contributed by atoms with Crippen LogP contribution in [0, 0.1) is 6.92 Å². The lowest BCUT2D eigenvalue weighted by molar-refractivity contribution is -0.149. The summed E-state index contributed by atoms with van der Waals surface area (Å²) in [4.78, 5) is 47.6. The number of alkyl halides is 2. The van der Waals surface area contributed by atoms with E-state index in [1.807, 2.05) is 24.4 Å². The molecule has 10 heteroatoms. The van der Waals surface area contributed by atoms with Crippen molar-refractivity contribution in [3.8, 4) is 5.75 Å². The average Bonchev–Trinajstić information content (AvgIpc) is 2.72. The molecule has 2 aromatic rings. The van der Waals surface area contributed by atoms with Gasteiger partial charge in [0.25, 0.3) is 11.8 Å². The third-order valence-electron chi connectivity index (χ3n) is 4.19. The van der Waals surface area contributed by atoms with Gasteiger partial charge in [-0.1, -0.05) is 29.8 Å². The molecule has 0 bridgehead atoms. The highest BCUT2D eigenvalue weighted by Gasteiger charge is 2.19. The number of carbonyl (C=O) groups excluding carboxylic acids is 4. The molecule has 0 saturated carbocycles. The molecule has 0 aliphatic carbocycles. The van der Waals surface area contributed by atoms with E-state index >= 15 is 0 Å². The molecule has 2 N–H and O–H groups in total. The molecule has 32 heavy (non-hydrogen) atoms. The van der Waals surface area contributed by atoms with Gasteiger partial charge in [-0.3, -0.25) is 24.5 Å². The number of carbonyl (C=O) groups is 4. The van der Waals surface area contributed by atoms with Crippen molar-refractivity contribution in [3.05, 3.63) is 65.2 Å². The summed E-state index contributed by atoms with van der Waals surface area (Å²) < 4.78 is 33.4. The third kappa shape index (κ3) is 8.13. The Morgan fingerprint density at radius 2 is 1.59 bits per heavy atom. The minimum absolute atomic E-state index is 0.0244.